The molecule has 0 aromatic heterocycles. The van der Waals surface area contributed by atoms with Gasteiger partial charge in [-0.3, -0.25) is 15.0 Å². The molecular weight excluding hydrogens is 362 g/mol. The Balaban J connectivity index is 2.39. The van der Waals surface area contributed by atoms with Gasteiger partial charge in [0, 0.05) is 25.8 Å². The first-order valence-electron chi connectivity index (χ1n) is 7.84. The number of methoxy groups -OCH3 is 1. The van der Waals surface area contributed by atoms with E-state index in [2.05, 4.69) is 11.9 Å². The van der Waals surface area contributed by atoms with E-state index in [4.69, 9.17) is 9.57 Å². The number of hydrogen-bond donors (Lipinski definition) is 1. The van der Waals surface area contributed by atoms with Gasteiger partial charge < -0.3 is 10.1 Å². The standard InChI is InChI=1S/C16H21N3O6S/c1-3-10-25-19(14-9-8-13(12-24-2)17-11-14)26(22,23)16-7-5-4-6-15(16)18(20)21/h3-9,13-14,17H,1,10-12H2,2H3/t13-,14+/m0/s1. The lowest BCUT2D eigenvalue weighted by Crippen LogP contribution is -2.50. The summed E-state index contributed by atoms with van der Waals surface area (Å²) in [4.78, 5) is 15.4. The summed E-state index contributed by atoms with van der Waals surface area (Å²) < 4.78 is 31.9. The van der Waals surface area contributed by atoms with Crippen LogP contribution in [0.15, 0.2) is 54.0 Å². The van der Waals surface area contributed by atoms with E-state index < -0.39 is 31.6 Å². The normalized spacial score (nSPS) is 20.2. The highest BCUT2D eigenvalue weighted by Gasteiger charge is 2.37. The van der Waals surface area contributed by atoms with Crippen LogP contribution in [0.1, 0.15) is 0 Å². The highest BCUT2D eigenvalue weighted by molar-refractivity contribution is 7.89. The first-order chi connectivity index (χ1) is 12.4. The largest absolute Gasteiger partial charge is 0.383 e. The third kappa shape index (κ3) is 4.54. The van der Waals surface area contributed by atoms with Crippen molar-refractivity contribution in [3.63, 3.8) is 0 Å². The molecule has 9 nitrogen and oxygen atoms in total. The van der Waals surface area contributed by atoms with Gasteiger partial charge in [-0.15, -0.1) is 6.58 Å². The third-order valence-electron chi connectivity index (χ3n) is 3.67. The highest BCUT2D eigenvalue weighted by atomic mass is 32.2. The van der Waals surface area contributed by atoms with Crippen LogP contribution in [0.3, 0.4) is 0 Å². The molecule has 0 saturated carbocycles. The van der Waals surface area contributed by atoms with Crippen LogP contribution < -0.4 is 5.32 Å². The second-order valence-electron chi connectivity index (χ2n) is 5.49. The lowest BCUT2D eigenvalue weighted by Gasteiger charge is -2.31. The molecule has 142 valence electrons. The van der Waals surface area contributed by atoms with Crippen molar-refractivity contribution in [3.05, 3.63) is 59.2 Å². The van der Waals surface area contributed by atoms with E-state index in [1.807, 2.05) is 0 Å². The Morgan fingerprint density at radius 1 is 1.42 bits per heavy atom. The maximum absolute atomic E-state index is 13.0. The van der Waals surface area contributed by atoms with Gasteiger partial charge in [-0.25, -0.2) is 8.42 Å². The third-order valence-corrected chi connectivity index (χ3v) is 5.42. The Hall–Kier alpha value is -2.11. The fraction of sp³-hybridized carbons (Fsp3) is 0.375. The van der Waals surface area contributed by atoms with Crippen molar-refractivity contribution in [1.82, 2.24) is 9.79 Å². The molecule has 1 aromatic rings. The fourth-order valence-electron chi connectivity index (χ4n) is 2.50. The van der Waals surface area contributed by atoms with Crippen LogP contribution in [0.25, 0.3) is 0 Å². The first-order valence-corrected chi connectivity index (χ1v) is 9.28. The Kier molecular flexibility index (Phi) is 7.00. The number of para-hydroxylation sites is 1. The van der Waals surface area contributed by atoms with Gasteiger partial charge in [0.15, 0.2) is 4.90 Å². The predicted octanol–water partition coefficient (Wildman–Crippen LogP) is 1.25. The summed E-state index contributed by atoms with van der Waals surface area (Å²) in [6, 6.07) is 4.44. The molecule has 10 heteroatoms. The van der Waals surface area contributed by atoms with E-state index in [0.717, 1.165) is 10.5 Å². The number of rotatable bonds is 9. The molecule has 0 saturated heterocycles. The quantitative estimate of drug-likeness (QED) is 0.388. The molecule has 1 heterocycles. The number of nitrogens with one attached hydrogen (secondary N) is 1. The molecule has 0 radical (unpaired) electrons. The van der Waals surface area contributed by atoms with Crippen molar-refractivity contribution in [2.24, 2.45) is 0 Å². The molecule has 2 rings (SSSR count). The van der Waals surface area contributed by atoms with Crippen molar-refractivity contribution in [2.45, 2.75) is 17.0 Å². The minimum atomic E-state index is -4.28. The van der Waals surface area contributed by atoms with Crippen LogP contribution in [0.5, 0.6) is 0 Å². The Labute approximate surface area is 152 Å². The number of hydroxylamine groups is 1. The predicted molar refractivity (Wildman–Crippen MR) is 94.9 cm³/mol. The van der Waals surface area contributed by atoms with Gasteiger partial charge in [-0.1, -0.05) is 34.8 Å². The van der Waals surface area contributed by atoms with Gasteiger partial charge in [0.25, 0.3) is 15.7 Å². The van der Waals surface area contributed by atoms with Crippen molar-refractivity contribution in [1.29, 1.82) is 0 Å². The van der Waals surface area contributed by atoms with Crippen molar-refractivity contribution < 1.29 is 22.9 Å². The number of hydrogen-bond acceptors (Lipinski definition) is 7. The molecule has 1 aromatic carbocycles. The molecule has 0 unspecified atom stereocenters. The average molecular weight is 383 g/mol. The fourth-order valence-corrected chi connectivity index (χ4v) is 4.05. The van der Waals surface area contributed by atoms with Gasteiger partial charge in [0.1, 0.15) is 0 Å². The SMILES string of the molecule is C=CCON([C@@H]1C=C[C@@H](COC)NC1)S(=O)(=O)c1ccccc1[N+](=O)[O-]. The second kappa shape index (κ2) is 9.01. The van der Waals surface area contributed by atoms with Crippen molar-refractivity contribution in [2.75, 3.05) is 26.9 Å². The van der Waals surface area contributed by atoms with E-state index in [-0.39, 0.29) is 19.2 Å². The monoisotopic (exact) mass is 383 g/mol. The van der Waals surface area contributed by atoms with Crippen LogP contribution >= 0.6 is 0 Å². The van der Waals surface area contributed by atoms with E-state index in [0.29, 0.717) is 6.61 Å². The molecule has 1 aliphatic heterocycles. The van der Waals surface area contributed by atoms with E-state index in [1.54, 1.807) is 19.3 Å². The molecule has 2 atom stereocenters. The topological polar surface area (TPSA) is 111 Å². The summed E-state index contributed by atoms with van der Waals surface area (Å²) in [5.74, 6) is 0. The van der Waals surface area contributed by atoms with Crippen LogP contribution in [0, 0.1) is 10.1 Å². The Bertz CT molecular complexity index is 780. The zero-order valence-corrected chi connectivity index (χ0v) is 15.1. The number of nitro groups is 1. The minimum Gasteiger partial charge on any atom is -0.383 e. The summed E-state index contributed by atoms with van der Waals surface area (Å²) in [6.07, 6.45) is 4.85. The molecular formula is C16H21N3O6S. The van der Waals surface area contributed by atoms with Crippen molar-refractivity contribution >= 4 is 15.7 Å². The summed E-state index contributed by atoms with van der Waals surface area (Å²) in [6.45, 7) is 4.15. The average Bonchev–Trinajstić information content (AvgIpc) is 2.63. The van der Waals surface area contributed by atoms with E-state index >= 15 is 0 Å². The number of nitro benzene ring substituents is 1. The number of benzene rings is 1. The van der Waals surface area contributed by atoms with Crippen molar-refractivity contribution in [3.8, 4) is 0 Å². The molecule has 0 bridgehead atoms. The smallest absolute Gasteiger partial charge is 0.289 e. The van der Waals surface area contributed by atoms with Gasteiger partial charge >= 0.3 is 0 Å². The summed E-state index contributed by atoms with van der Waals surface area (Å²) in [5, 5.41) is 14.4. The Morgan fingerprint density at radius 3 is 2.73 bits per heavy atom. The molecule has 0 fully saturated rings. The number of ether oxygens (including phenoxy) is 1. The van der Waals surface area contributed by atoms with E-state index in [9.17, 15) is 18.5 Å². The maximum atomic E-state index is 13.0. The van der Waals surface area contributed by atoms with Gasteiger partial charge in [0.05, 0.1) is 24.2 Å². The molecule has 0 spiro atoms. The molecule has 0 amide bonds. The van der Waals surface area contributed by atoms with E-state index in [1.165, 1.54) is 24.3 Å². The number of sulfonamides is 1. The van der Waals surface area contributed by atoms with Crippen LogP contribution in [-0.4, -0.2) is 56.8 Å². The summed E-state index contributed by atoms with van der Waals surface area (Å²) >= 11 is 0. The van der Waals surface area contributed by atoms with Crippen LogP contribution in [0.4, 0.5) is 5.69 Å². The molecule has 0 aliphatic carbocycles. The zero-order valence-electron chi connectivity index (χ0n) is 14.3. The minimum absolute atomic E-state index is 0.0498. The van der Waals surface area contributed by atoms with Crippen LogP contribution in [0.2, 0.25) is 0 Å². The Morgan fingerprint density at radius 2 is 2.15 bits per heavy atom. The highest BCUT2D eigenvalue weighted by Crippen LogP contribution is 2.28. The molecule has 1 aliphatic rings. The second-order valence-corrected chi connectivity index (χ2v) is 7.24. The number of nitrogens with zero attached hydrogens (tertiary/aromatic N) is 2. The molecule has 1 N–H and O–H groups in total. The first kappa shape index (κ1) is 20.2. The summed E-state index contributed by atoms with van der Waals surface area (Å²) in [5.41, 5.74) is -0.510. The van der Waals surface area contributed by atoms with Crippen LogP contribution in [-0.2, 0) is 19.6 Å². The zero-order chi connectivity index (χ0) is 19.2. The maximum Gasteiger partial charge on any atom is 0.289 e. The van der Waals surface area contributed by atoms with Gasteiger partial charge in [0.2, 0.25) is 0 Å². The van der Waals surface area contributed by atoms with Gasteiger partial charge in [-0.05, 0) is 6.07 Å². The van der Waals surface area contributed by atoms with Gasteiger partial charge in [-0.2, -0.15) is 0 Å². The molecule has 26 heavy (non-hydrogen) atoms. The lowest BCUT2D eigenvalue weighted by molar-refractivity contribution is -0.387. The summed E-state index contributed by atoms with van der Waals surface area (Å²) in [7, 11) is -2.71. The lowest BCUT2D eigenvalue weighted by atomic mass is 10.1.